The third-order valence-electron chi connectivity index (χ3n) is 1.36. The molecule has 0 saturated carbocycles. The minimum Gasteiger partial charge on any atom is -0.398 e. The summed E-state index contributed by atoms with van der Waals surface area (Å²) in [7, 11) is 1.14. The summed E-state index contributed by atoms with van der Waals surface area (Å²) in [4.78, 5) is 36.6. The topological polar surface area (TPSA) is 124 Å². The predicted molar refractivity (Wildman–Crippen MR) is 51.8 cm³/mol. The van der Waals surface area contributed by atoms with Crippen LogP contribution in [-0.4, -0.2) is 36.3 Å². The van der Waals surface area contributed by atoms with Crippen LogP contribution >= 0.6 is 0 Å². The lowest BCUT2D eigenvalue weighted by molar-refractivity contribution is -0.114. The molecule has 3 amide bonds. The highest BCUT2D eigenvalue weighted by Crippen LogP contribution is 1.89. The van der Waals surface area contributed by atoms with Gasteiger partial charge in [0.15, 0.2) is 0 Å². The molecule has 0 aromatic heterocycles. The summed E-state index contributed by atoms with van der Waals surface area (Å²) in [5.41, 5.74) is -0.641. The average Bonchev–Trinajstić information content (AvgIpc) is 2.27. The number of nitrogens with zero attached hydrogens (tertiary/aromatic N) is 4. The second-order valence-electron chi connectivity index (χ2n) is 2.29. The van der Waals surface area contributed by atoms with E-state index in [2.05, 4.69) is 15.3 Å². The fourth-order valence-corrected chi connectivity index (χ4v) is 0.663. The van der Waals surface area contributed by atoms with E-state index in [1.165, 1.54) is 13.0 Å². The van der Waals surface area contributed by atoms with Gasteiger partial charge in [-0.25, -0.2) is 4.79 Å². The van der Waals surface area contributed by atoms with Gasteiger partial charge in [0.25, 0.3) is 5.91 Å². The summed E-state index contributed by atoms with van der Waals surface area (Å²) in [5, 5.41) is 16.1. The maximum atomic E-state index is 11.2. The Morgan fingerprint density at radius 1 is 1.56 bits per heavy atom. The maximum absolute atomic E-state index is 11.2. The van der Waals surface area contributed by atoms with Crippen LogP contribution in [-0.2, 0) is 9.63 Å². The monoisotopic (exact) mass is 227 g/mol. The van der Waals surface area contributed by atoms with Crippen molar-refractivity contribution in [1.29, 1.82) is 5.26 Å². The lowest BCUT2D eigenvalue weighted by atomic mass is 10.4. The van der Waals surface area contributed by atoms with Crippen molar-refractivity contribution in [3.05, 3.63) is 4.91 Å². The molecule has 0 bridgehead atoms. The molecule has 0 fully saturated rings. The van der Waals surface area contributed by atoms with Crippen molar-refractivity contribution in [3.8, 4) is 6.07 Å². The number of oxime groups is 1. The van der Waals surface area contributed by atoms with Gasteiger partial charge in [-0.2, -0.15) is 10.3 Å². The fourth-order valence-electron chi connectivity index (χ4n) is 0.663. The van der Waals surface area contributed by atoms with Gasteiger partial charge in [-0.1, -0.05) is 5.16 Å². The van der Waals surface area contributed by atoms with E-state index in [1.54, 1.807) is 5.32 Å². The normalized spacial score (nSPS) is 9.94. The van der Waals surface area contributed by atoms with Crippen molar-refractivity contribution in [2.45, 2.75) is 6.92 Å². The van der Waals surface area contributed by atoms with Crippen molar-refractivity contribution < 1.29 is 14.4 Å². The van der Waals surface area contributed by atoms with Crippen LogP contribution in [0.25, 0.3) is 0 Å². The molecule has 0 aliphatic carbocycles. The smallest absolute Gasteiger partial charge is 0.347 e. The number of hydrogen-bond donors (Lipinski definition) is 1. The van der Waals surface area contributed by atoms with Crippen LogP contribution in [0.15, 0.2) is 10.4 Å². The van der Waals surface area contributed by atoms with Crippen molar-refractivity contribution in [3.63, 3.8) is 0 Å². The summed E-state index contributed by atoms with van der Waals surface area (Å²) in [6.07, 6.45) is 0. The number of nitriles is 1. The zero-order chi connectivity index (χ0) is 12.6. The Kier molecular flexibility index (Phi) is 5.81. The van der Waals surface area contributed by atoms with Crippen molar-refractivity contribution in [2.24, 2.45) is 10.4 Å². The minimum atomic E-state index is -1.07. The number of urea groups is 1. The molecule has 0 heterocycles. The maximum Gasteiger partial charge on any atom is 0.347 e. The second kappa shape index (κ2) is 6.88. The first-order valence-corrected chi connectivity index (χ1v) is 4.08. The molecular weight excluding hydrogens is 218 g/mol. The highest BCUT2D eigenvalue weighted by molar-refractivity contribution is 6.46. The van der Waals surface area contributed by atoms with Crippen LogP contribution in [0.3, 0.4) is 0 Å². The van der Waals surface area contributed by atoms with Gasteiger partial charge in [-0.05, 0) is 6.92 Å². The van der Waals surface area contributed by atoms with Crippen LogP contribution < -0.4 is 5.32 Å². The van der Waals surface area contributed by atoms with Crippen molar-refractivity contribution in [2.75, 3.05) is 13.7 Å². The Labute approximate surface area is 90.6 Å². The molecular formula is C7H9N5O4. The summed E-state index contributed by atoms with van der Waals surface area (Å²) >= 11 is 0. The van der Waals surface area contributed by atoms with Gasteiger partial charge in [0, 0.05) is 6.54 Å². The lowest BCUT2D eigenvalue weighted by Crippen LogP contribution is -2.42. The summed E-state index contributed by atoms with van der Waals surface area (Å²) in [6.45, 7) is 1.48. The van der Waals surface area contributed by atoms with Gasteiger partial charge >= 0.3 is 6.03 Å². The molecule has 0 unspecified atom stereocenters. The van der Waals surface area contributed by atoms with E-state index < -0.39 is 17.6 Å². The fraction of sp³-hybridized carbons (Fsp3) is 0.429. The number of nitrogens with one attached hydrogen (secondary N) is 1. The summed E-state index contributed by atoms with van der Waals surface area (Å²) < 4.78 is 0. The number of imide groups is 1. The van der Waals surface area contributed by atoms with Crippen molar-refractivity contribution in [1.82, 2.24) is 10.3 Å². The quantitative estimate of drug-likeness (QED) is 0.403. The van der Waals surface area contributed by atoms with Gasteiger partial charge < -0.3 is 4.84 Å². The van der Waals surface area contributed by atoms with E-state index in [4.69, 9.17) is 5.26 Å². The third-order valence-corrected chi connectivity index (χ3v) is 1.36. The number of hydrogen-bond acceptors (Lipinski definition) is 7. The van der Waals surface area contributed by atoms with Gasteiger partial charge in [0.1, 0.15) is 13.2 Å². The molecule has 0 aromatic rings. The Hall–Kier alpha value is -2.50. The van der Waals surface area contributed by atoms with E-state index in [9.17, 15) is 14.5 Å². The Balaban J connectivity index is 4.57. The number of rotatable bonds is 4. The van der Waals surface area contributed by atoms with E-state index >= 15 is 0 Å². The van der Waals surface area contributed by atoms with E-state index in [1.807, 2.05) is 0 Å². The molecule has 1 N–H and O–H groups in total. The van der Waals surface area contributed by atoms with Crippen LogP contribution in [0.2, 0.25) is 0 Å². The molecule has 0 saturated heterocycles. The highest BCUT2D eigenvalue weighted by atomic mass is 16.6. The zero-order valence-corrected chi connectivity index (χ0v) is 8.63. The molecule has 0 aromatic carbocycles. The van der Waals surface area contributed by atoms with Crippen LogP contribution in [0, 0.1) is 16.2 Å². The molecule has 0 atom stereocenters. The molecule has 0 rings (SSSR count). The SMILES string of the molecule is CCN(N=O)C(=O)NC(=O)/C(C#N)=N/OC. The minimum absolute atomic E-state index is 0.00802. The average molecular weight is 227 g/mol. The molecule has 0 spiro atoms. The van der Waals surface area contributed by atoms with Crippen molar-refractivity contribution >= 4 is 17.6 Å². The first kappa shape index (κ1) is 13.5. The molecule has 9 nitrogen and oxygen atoms in total. The van der Waals surface area contributed by atoms with Crippen LogP contribution in [0.1, 0.15) is 6.92 Å². The zero-order valence-electron chi connectivity index (χ0n) is 8.63. The first-order valence-electron chi connectivity index (χ1n) is 4.08. The molecule has 86 valence electrons. The molecule has 16 heavy (non-hydrogen) atoms. The van der Waals surface area contributed by atoms with E-state index in [-0.39, 0.29) is 6.54 Å². The van der Waals surface area contributed by atoms with Gasteiger partial charge in [-0.15, -0.1) is 4.91 Å². The number of nitroso groups, excluding NO2 is 1. The van der Waals surface area contributed by atoms with Gasteiger partial charge in [0.2, 0.25) is 5.71 Å². The molecule has 9 heteroatoms. The summed E-state index contributed by atoms with van der Waals surface area (Å²) in [5.74, 6) is -1.07. The lowest BCUT2D eigenvalue weighted by Gasteiger charge is -2.09. The number of carbonyl (C=O) groups excluding carboxylic acids is 2. The third kappa shape index (κ3) is 3.70. The molecule has 0 radical (unpaired) electrons. The standard InChI is InChI=1S/C7H9N5O4/c1-3-12(11-15)7(14)9-6(13)5(4-8)10-16-2/h3H2,1-2H3,(H,9,13,14)/b10-5+. The van der Waals surface area contributed by atoms with Gasteiger partial charge in [0.05, 0.1) is 5.29 Å². The molecule has 0 aliphatic heterocycles. The predicted octanol–water partition coefficient (Wildman–Crippen LogP) is -0.248. The Bertz CT molecular complexity index is 358. The van der Waals surface area contributed by atoms with Crippen LogP contribution in [0.4, 0.5) is 4.79 Å². The number of carbonyl (C=O) groups is 2. The van der Waals surface area contributed by atoms with Crippen LogP contribution in [0.5, 0.6) is 0 Å². The van der Waals surface area contributed by atoms with Gasteiger partial charge in [-0.3, -0.25) is 10.1 Å². The Morgan fingerprint density at radius 2 is 2.19 bits per heavy atom. The van der Waals surface area contributed by atoms with E-state index in [0.29, 0.717) is 5.01 Å². The first-order chi connectivity index (χ1) is 7.60. The second-order valence-corrected chi connectivity index (χ2v) is 2.29. The molecule has 0 aliphatic rings. The number of amides is 3. The Morgan fingerprint density at radius 3 is 2.56 bits per heavy atom. The summed E-state index contributed by atoms with van der Waals surface area (Å²) in [6, 6.07) is 0.376. The van der Waals surface area contributed by atoms with E-state index in [0.717, 1.165) is 7.11 Å². The highest BCUT2D eigenvalue weighted by Gasteiger charge is 2.19. The largest absolute Gasteiger partial charge is 0.398 e.